The first kappa shape index (κ1) is 19.4. The zero-order valence-corrected chi connectivity index (χ0v) is 16.8. The molecule has 2 heterocycles. The Morgan fingerprint density at radius 3 is 2.59 bits per heavy atom. The second-order valence-electron chi connectivity index (χ2n) is 5.74. The van der Waals surface area contributed by atoms with E-state index in [4.69, 9.17) is 16.1 Å². The van der Waals surface area contributed by atoms with Gasteiger partial charge in [0.1, 0.15) is 20.5 Å². The average Bonchev–Trinajstić information content (AvgIpc) is 3.26. The van der Waals surface area contributed by atoms with Crippen LogP contribution in [0.15, 0.2) is 51.2 Å². The maximum absolute atomic E-state index is 12.7. The van der Waals surface area contributed by atoms with Gasteiger partial charge in [-0.2, -0.15) is 0 Å². The number of nitrogens with one attached hydrogen (secondary N) is 2. The van der Waals surface area contributed by atoms with E-state index in [0.29, 0.717) is 5.69 Å². The summed E-state index contributed by atoms with van der Waals surface area (Å²) in [7, 11) is -4.07. The molecule has 1 amide bonds. The summed E-state index contributed by atoms with van der Waals surface area (Å²) in [4.78, 5) is 12.5. The Hall–Kier alpha value is -2.36. The molecule has 0 aliphatic carbocycles. The summed E-state index contributed by atoms with van der Waals surface area (Å²) in [6, 6.07) is 10.4. The number of carbonyl (C=O) groups excluding carboxylic acids is 1. The van der Waals surface area contributed by atoms with Gasteiger partial charge in [0.25, 0.3) is 21.8 Å². The average molecular weight is 426 g/mol. The lowest BCUT2D eigenvalue weighted by Crippen LogP contribution is -2.27. The van der Waals surface area contributed by atoms with E-state index in [0.717, 1.165) is 16.9 Å². The fraction of sp³-hybridized carbons (Fsp3) is 0.176. The molecule has 1 atom stereocenters. The minimum atomic E-state index is -4.07. The van der Waals surface area contributed by atoms with Crippen molar-refractivity contribution in [3.05, 3.63) is 62.9 Å². The van der Waals surface area contributed by atoms with Gasteiger partial charge in [0.05, 0.1) is 6.04 Å². The zero-order chi connectivity index (χ0) is 19.6. The summed E-state index contributed by atoms with van der Waals surface area (Å²) in [5.74, 6) is -0.675. The van der Waals surface area contributed by atoms with Crippen molar-refractivity contribution in [1.29, 1.82) is 0 Å². The van der Waals surface area contributed by atoms with Crippen LogP contribution in [0.4, 0.5) is 5.88 Å². The highest BCUT2D eigenvalue weighted by molar-refractivity contribution is 7.93. The van der Waals surface area contributed by atoms with E-state index < -0.39 is 15.9 Å². The molecule has 0 fully saturated rings. The fourth-order valence-electron chi connectivity index (χ4n) is 2.36. The zero-order valence-electron chi connectivity index (χ0n) is 14.4. The van der Waals surface area contributed by atoms with Gasteiger partial charge in [-0.1, -0.05) is 47.1 Å². The largest absolute Gasteiger partial charge is 0.345 e. The quantitative estimate of drug-likeness (QED) is 0.621. The Balaban J connectivity index is 1.82. The molecule has 1 unspecified atom stereocenters. The number of thiophene rings is 1. The number of aryl methyl sites for hydroxylation is 1. The molecular weight excluding hydrogens is 410 g/mol. The highest BCUT2D eigenvalue weighted by Crippen LogP contribution is 2.30. The molecule has 0 aliphatic rings. The Kier molecular flexibility index (Phi) is 5.54. The molecule has 142 valence electrons. The summed E-state index contributed by atoms with van der Waals surface area (Å²) in [5.41, 5.74) is 1.27. The first-order chi connectivity index (χ1) is 12.8. The van der Waals surface area contributed by atoms with Crippen molar-refractivity contribution >= 4 is 44.8 Å². The summed E-state index contributed by atoms with van der Waals surface area (Å²) in [6.45, 7) is 3.41. The minimum Gasteiger partial charge on any atom is -0.345 e. The maximum Gasteiger partial charge on any atom is 0.265 e. The number of nitrogens with zero attached hydrogens (tertiary/aromatic N) is 1. The third-order valence-corrected chi connectivity index (χ3v) is 6.65. The lowest BCUT2D eigenvalue weighted by Gasteiger charge is -2.14. The van der Waals surface area contributed by atoms with Crippen LogP contribution < -0.4 is 10.0 Å². The van der Waals surface area contributed by atoms with Crippen LogP contribution in [-0.4, -0.2) is 19.5 Å². The predicted molar refractivity (Wildman–Crippen MR) is 104 cm³/mol. The summed E-state index contributed by atoms with van der Waals surface area (Å²) in [6.07, 6.45) is 0. The second kappa shape index (κ2) is 7.71. The minimum absolute atomic E-state index is 0.0671. The van der Waals surface area contributed by atoms with Crippen LogP contribution in [0.25, 0.3) is 0 Å². The third-order valence-electron chi connectivity index (χ3n) is 3.79. The topological polar surface area (TPSA) is 101 Å². The van der Waals surface area contributed by atoms with Crippen LogP contribution in [0.1, 0.15) is 33.9 Å². The van der Waals surface area contributed by atoms with Crippen LogP contribution in [0, 0.1) is 6.92 Å². The second-order valence-corrected chi connectivity index (χ2v) is 8.68. The lowest BCUT2D eigenvalue weighted by molar-refractivity contribution is 0.0941. The molecule has 1 aromatic carbocycles. The molecule has 2 N–H and O–H groups in total. The molecule has 0 bridgehead atoms. The van der Waals surface area contributed by atoms with Crippen molar-refractivity contribution in [2.45, 2.75) is 24.8 Å². The van der Waals surface area contributed by atoms with E-state index in [1.165, 1.54) is 11.4 Å². The van der Waals surface area contributed by atoms with Gasteiger partial charge < -0.3 is 9.84 Å². The van der Waals surface area contributed by atoms with Crippen molar-refractivity contribution in [3.63, 3.8) is 0 Å². The van der Waals surface area contributed by atoms with Crippen molar-refractivity contribution in [2.75, 3.05) is 4.72 Å². The van der Waals surface area contributed by atoms with Crippen molar-refractivity contribution in [3.8, 4) is 0 Å². The molecule has 0 aliphatic heterocycles. The molecule has 7 nitrogen and oxygen atoms in total. The van der Waals surface area contributed by atoms with E-state index in [1.54, 1.807) is 6.92 Å². The number of halogens is 1. The Bertz CT molecular complexity index is 1060. The van der Waals surface area contributed by atoms with Crippen LogP contribution in [-0.2, 0) is 10.0 Å². The number of rotatable bonds is 6. The summed E-state index contributed by atoms with van der Waals surface area (Å²) >= 11 is 6.99. The Morgan fingerprint density at radius 1 is 1.26 bits per heavy atom. The summed E-state index contributed by atoms with van der Waals surface area (Å²) < 4.78 is 32.5. The number of anilines is 1. The van der Waals surface area contributed by atoms with E-state index in [9.17, 15) is 13.2 Å². The van der Waals surface area contributed by atoms with Crippen molar-refractivity contribution in [1.82, 2.24) is 10.5 Å². The lowest BCUT2D eigenvalue weighted by atomic mass is 10.1. The molecule has 3 rings (SSSR count). The highest BCUT2D eigenvalue weighted by atomic mass is 35.5. The molecule has 2 aromatic heterocycles. The molecule has 3 aromatic rings. The van der Waals surface area contributed by atoms with Gasteiger partial charge in [0.15, 0.2) is 0 Å². The standard InChI is InChI=1S/C17H16ClN3O4S2/c1-10(12-6-4-3-5-7-12)19-16(22)15-13(8-9-26-15)27(23,24)21-17-14(18)11(2)20-25-17/h3-10,21H,1-2H3,(H,19,22). The first-order valence-electron chi connectivity index (χ1n) is 7.87. The van der Waals surface area contributed by atoms with Gasteiger partial charge in [-0.15, -0.1) is 11.3 Å². The molecule has 10 heteroatoms. The van der Waals surface area contributed by atoms with Gasteiger partial charge in [0.2, 0.25) is 0 Å². The number of amides is 1. The molecule has 0 saturated heterocycles. The molecule has 0 spiro atoms. The van der Waals surface area contributed by atoms with Crippen LogP contribution in [0.2, 0.25) is 5.02 Å². The third kappa shape index (κ3) is 4.15. The molecule has 0 radical (unpaired) electrons. The van der Waals surface area contributed by atoms with Crippen LogP contribution >= 0.6 is 22.9 Å². The van der Waals surface area contributed by atoms with Crippen LogP contribution in [0.3, 0.4) is 0 Å². The molecule has 27 heavy (non-hydrogen) atoms. The normalized spacial score (nSPS) is 12.6. The number of aromatic nitrogens is 1. The molecular formula is C17H16ClN3O4S2. The van der Waals surface area contributed by atoms with Gasteiger partial charge in [-0.3, -0.25) is 4.79 Å². The van der Waals surface area contributed by atoms with E-state index >= 15 is 0 Å². The number of carbonyl (C=O) groups is 1. The predicted octanol–water partition coefficient (Wildman–Crippen LogP) is 3.99. The van der Waals surface area contributed by atoms with Crippen molar-refractivity contribution in [2.24, 2.45) is 0 Å². The number of benzene rings is 1. The highest BCUT2D eigenvalue weighted by Gasteiger charge is 2.27. The van der Waals surface area contributed by atoms with Gasteiger partial charge >= 0.3 is 0 Å². The fourth-order valence-corrected chi connectivity index (χ4v) is 4.86. The maximum atomic E-state index is 12.7. The van der Waals surface area contributed by atoms with Gasteiger partial charge in [0, 0.05) is 0 Å². The SMILES string of the molecule is Cc1noc(NS(=O)(=O)c2ccsc2C(=O)NC(C)c2ccccc2)c1Cl. The van der Waals surface area contributed by atoms with Crippen LogP contribution in [0.5, 0.6) is 0 Å². The molecule has 0 saturated carbocycles. The van der Waals surface area contributed by atoms with Crippen molar-refractivity contribution < 1.29 is 17.7 Å². The first-order valence-corrected chi connectivity index (χ1v) is 10.6. The van der Waals surface area contributed by atoms with Gasteiger partial charge in [-0.05, 0) is 30.9 Å². The number of hydrogen-bond donors (Lipinski definition) is 2. The Labute approximate surface area is 165 Å². The van der Waals surface area contributed by atoms with E-state index in [2.05, 4.69) is 15.2 Å². The monoisotopic (exact) mass is 425 g/mol. The number of sulfonamides is 1. The summed E-state index contributed by atoms with van der Waals surface area (Å²) in [5, 5.41) is 8.01. The van der Waals surface area contributed by atoms with E-state index in [1.807, 2.05) is 37.3 Å². The van der Waals surface area contributed by atoms with E-state index in [-0.39, 0.29) is 26.7 Å². The van der Waals surface area contributed by atoms with Gasteiger partial charge in [-0.25, -0.2) is 13.1 Å². The Morgan fingerprint density at radius 2 is 1.96 bits per heavy atom. The smallest absolute Gasteiger partial charge is 0.265 e. The number of hydrogen-bond acceptors (Lipinski definition) is 6.